The van der Waals surface area contributed by atoms with Gasteiger partial charge in [0.05, 0.1) is 25.1 Å². The molecule has 3 saturated heterocycles. The monoisotopic (exact) mass is 354 g/mol. The lowest BCUT2D eigenvalue weighted by atomic mass is 9.86. The van der Waals surface area contributed by atoms with Crippen molar-refractivity contribution >= 4 is 11.8 Å². The maximum absolute atomic E-state index is 13.3. The predicted octanol–water partition coefficient (Wildman–Crippen LogP) is 2.87. The standard InChI is InChI=1S/C21H26N2O3/c1-20(9-5-6-10-20)19(25)22-12-11-21-17(22)13-18(24)23(21)16(14-26-21)15-7-3-2-4-8-15/h2-4,7-8,16-17H,5-6,9-14H2,1H3/t16-,17+,21-/m0/s1. The second-order valence-corrected chi connectivity index (χ2v) is 8.58. The van der Waals surface area contributed by atoms with Gasteiger partial charge in [0.1, 0.15) is 0 Å². The molecule has 1 spiro atoms. The number of amides is 2. The van der Waals surface area contributed by atoms with Crippen molar-refractivity contribution in [2.24, 2.45) is 5.41 Å². The van der Waals surface area contributed by atoms with Gasteiger partial charge in [0.2, 0.25) is 11.8 Å². The minimum absolute atomic E-state index is 0.0363. The summed E-state index contributed by atoms with van der Waals surface area (Å²) < 4.78 is 6.31. The first kappa shape index (κ1) is 16.3. The Hall–Kier alpha value is -1.88. The summed E-state index contributed by atoms with van der Waals surface area (Å²) in [6, 6.07) is 9.95. The molecule has 0 N–H and O–H groups in total. The van der Waals surface area contributed by atoms with Crippen molar-refractivity contribution in [1.82, 2.24) is 9.80 Å². The average Bonchev–Trinajstić information content (AvgIpc) is 3.38. The summed E-state index contributed by atoms with van der Waals surface area (Å²) in [7, 11) is 0. The highest BCUT2D eigenvalue weighted by molar-refractivity contribution is 5.87. The molecule has 0 radical (unpaired) electrons. The molecule has 4 aliphatic rings. The Morgan fingerprint density at radius 1 is 1.15 bits per heavy atom. The van der Waals surface area contributed by atoms with Crippen LogP contribution in [0.2, 0.25) is 0 Å². The van der Waals surface area contributed by atoms with Crippen LogP contribution < -0.4 is 0 Å². The van der Waals surface area contributed by atoms with Crippen LogP contribution in [0.5, 0.6) is 0 Å². The van der Waals surface area contributed by atoms with Gasteiger partial charge in [-0.3, -0.25) is 9.59 Å². The van der Waals surface area contributed by atoms with Crippen molar-refractivity contribution in [1.29, 1.82) is 0 Å². The average molecular weight is 354 g/mol. The lowest BCUT2D eigenvalue weighted by molar-refractivity contribution is -0.147. The number of carbonyl (C=O) groups is 2. The van der Waals surface area contributed by atoms with Gasteiger partial charge in [-0.15, -0.1) is 0 Å². The molecule has 1 aliphatic carbocycles. The minimum Gasteiger partial charge on any atom is -0.351 e. The smallest absolute Gasteiger partial charge is 0.228 e. The minimum atomic E-state index is -0.609. The van der Waals surface area contributed by atoms with Crippen LogP contribution >= 0.6 is 0 Å². The van der Waals surface area contributed by atoms with E-state index in [9.17, 15) is 9.59 Å². The SMILES string of the molecule is CC1(C(=O)N2CC[C@@]34OC[C@@H](c5ccccc5)N3C(=O)C[C@@H]24)CCCC1. The molecule has 2 amide bonds. The molecular formula is C21H26N2O3. The summed E-state index contributed by atoms with van der Waals surface area (Å²) >= 11 is 0. The fourth-order valence-corrected chi connectivity index (χ4v) is 5.72. The number of carbonyl (C=O) groups excluding carboxylic acids is 2. The lowest BCUT2D eigenvalue weighted by Gasteiger charge is -2.35. The van der Waals surface area contributed by atoms with Gasteiger partial charge >= 0.3 is 0 Å². The van der Waals surface area contributed by atoms with Crippen molar-refractivity contribution in [2.75, 3.05) is 13.2 Å². The van der Waals surface area contributed by atoms with Crippen LogP contribution in [0.4, 0.5) is 0 Å². The summed E-state index contributed by atoms with van der Waals surface area (Å²) in [4.78, 5) is 30.2. The molecule has 5 heteroatoms. The van der Waals surface area contributed by atoms with Gasteiger partial charge in [-0.05, 0) is 18.4 Å². The van der Waals surface area contributed by atoms with Gasteiger partial charge in [-0.25, -0.2) is 0 Å². The molecule has 3 atom stereocenters. The molecule has 0 unspecified atom stereocenters. The Balaban J connectivity index is 1.45. The number of rotatable bonds is 2. The fraction of sp³-hybridized carbons (Fsp3) is 0.619. The Morgan fingerprint density at radius 2 is 1.88 bits per heavy atom. The summed E-state index contributed by atoms with van der Waals surface area (Å²) in [6.45, 7) is 3.32. The Morgan fingerprint density at radius 3 is 2.62 bits per heavy atom. The van der Waals surface area contributed by atoms with Crippen molar-refractivity contribution < 1.29 is 14.3 Å². The first-order valence-electron chi connectivity index (χ1n) is 9.87. The predicted molar refractivity (Wildman–Crippen MR) is 96.0 cm³/mol. The Bertz CT molecular complexity index is 743. The highest BCUT2D eigenvalue weighted by Gasteiger charge is 2.66. The fourth-order valence-electron chi connectivity index (χ4n) is 5.72. The van der Waals surface area contributed by atoms with Crippen LogP contribution in [-0.2, 0) is 14.3 Å². The second-order valence-electron chi connectivity index (χ2n) is 8.58. The van der Waals surface area contributed by atoms with Gasteiger partial charge in [0.25, 0.3) is 0 Å². The van der Waals surface area contributed by atoms with E-state index in [1.54, 1.807) is 0 Å². The van der Waals surface area contributed by atoms with E-state index < -0.39 is 5.72 Å². The van der Waals surface area contributed by atoms with E-state index in [1.807, 2.05) is 28.0 Å². The van der Waals surface area contributed by atoms with Crippen molar-refractivity contribution in [2.45, 2.75) is 63.3 Å². The third kappa shape index (κ3) is 2.07. The van der Waals surface area contributed by atoms with E-state index in [-0.39, 0.29) is 29.3 Å². The first-order chi connectivity index (χ1) is 12.6. The van der Waals surface area contributed by atoms with E-state index in [0.717, 1.165) is 37.7 Å². The number of nitrogens with zero attached hydrogens (tertiary/aromatic N) is 2. The normalized spacial score (nSPS) is 35.0. The highest BCUT2D eigenvalue weighted by atomic mass is 16.5. The largest absolute Gasteiger partial charge is 0.351 e. The number of hydrogen-bond donors (Lipinski definition) is 0. The van der Waals surface area contributed by atoms with E-state index in [2.05, 4.69) is 19.1 Å². The molecule has 138 valence electrons. The van der Waals surface area contributed by atoms with Crippen LogP contribution in [-0.4, -0.2) is 46.5 Å². The van der Waals surface area contributed by atoms with Gasteiger partial charge < -0.3 is 14.5 Å². The maximum atomic E-state index is 13.3. The number of hydrogen-bond acceptors (Lipinski definition) is 3. The molecule has 3 heterocycles. The maximum Gasteiger partial charge on any atom is 0.228 e. The molecule has 26 heavy (non-hydrogen) atoms. The van der Waals surface area contributed by atoms with E-state index in [4.69, 9.17) is 4.74 Å². The molecule has 1 saturated carbocycles. The van der Waals surface area contributed by atoms with Crippen LogP contribution in [0.3, 0.4) is 0 Å². The van der Waals surface area contributed by atoms with Gasteiger partial charge in [-0.1, -0.05) is 50.1 Å². The zero-order chi connectivity index (χ0) is 17.9. The highest BCUT2D eigenvalue weighted by Crippen LogP contribution is 2.53. The van der Waals surface area contributed by atoms with Crippen LogP contribution in [0.15, 0.2) is 30.3 Å². The number of benzene rings is 1. The Labute approximate surface area is 154 Å². The van der Waals surface area contributed by atoms with E-state index >= 15 is 0 Å². The zero-order valence-electron chi connectivity index (χ0n) is 15.3. The van der Waals surface area contributed by atoms with Gasteiger partial charge in [-0.2, -0.15) is 0 Å². The topological polar surface area (TPSA) is 49.9 Å². The summed E-state index contributed by atoms with van der Waals surface area (Å²) in [6.07, 6.45) is 5.31. The van der Waals surface area contributed by atoms with E-state index in [0.29, 0.717) is 19.6 Å². The first-order valence-corrected chi connectivity index (χ1v) is 9.87. The van der Waals surface area contributed by atoms with Gasteiger partial charge in [0, 0.05) is 18.4 Å². The molecule has 0 bridgehead atoms. The van der Waals surface area contributed by atoms with E-state index in [1.165, 1.54) is 0 Å². The molecule has 4 fully saturated rings. The molecule has 1 aromatic carbocycles. The van der Waals surface area contributed by atoms with Crippen LogP contribution in [0.1, 0.15) is 57.1 Å². The molecule has 3 aliphatic heterocycles. The molecular weight excluding hydrogens is 328 g/mol. The van der Waals surface area contributed by atoms with Crippen molar-refractivity contribution in [3.8, 4) is 0 Å². The van der Waals surface area contributed by atoms with Gasteiger partial charge in [0.15, 0.2) is 5.72 Å². The zero-order valence-corrected chi connectivity index (χ0v) is 15.3. The summed E-state index contributed by atoms with van der Waals surface area (Å²) in [5, 5.41) is 0. The molecule has 5 rings (SSSR count). The van der Waals surface area contributed by atoms with Crippen molar-refractivity contribution in [3.05, 3.63) is 35.9 Å². The summed E-state index contributed by atoms with van der Waals surface area (Å²) in [5.74, 6) is 0.355. The quantitative estimate of drug-likeness (QED) is 0.821. The van der Waals surface area contributed by atoms with Crippen molar-refractivity contribution in [3.63, 3.8) is 0 Å². The number of ether oxygens (including phenoxy) is 1. The summed E-state index contributed by atoms with van der Waals surface area (Å²) in [5.41, 5.74) is 0.257. The molecule has 5 nitrogen and oxygen atoms in total. The van der Waals surface area contributed by atoms with Crippen LogP contribution in [0, 0.1) is 5.41 Å². The Kier molecular flexibility index (Phi) is 3.48. The number of likely N-dealkylation sites (tertiary alicyclic amines) is 1. The second kappa shape index (κ2) is 5.56. The van der Waals surface area contributed by atoms with Crippen LogP contribution in [0.25, 0.3) is 0 Å². The third-order valence-electron chi connectivity index (χ3n) is 7.12. The molecule has 1 aromatic rings. The molecule has 0 aromatic heterocycles. The lowest BCUT2D eigenvalue weighted by Crippen LogP contribution is -2.51. The third-order valence-corrected chi connectivity index (χ3v) is 7.12.